The van der Waals surface area contributed by atoms with Crippen molar-refractivity contribution in [2.24, 2.45) is 0 Å². The lowest BCUT2D eigenvalue weighted by Crippen LogP contribution is -2.09. The molecule has 16 heavy (non-hydrogen) atoms. The number of hydrogen-bond acceptors (Lipinski definition) is 2. The maximum absolute atomic E-state index is 4.36. The Hall–Kier alpha value is -1.13. The molecule has 4 heteroatoms. The maximum atomic E-state index is 4.36. The van der Waals surface area contributed by atoms with Crippen molar-refractivity contribution in [3.05, 3.63) is 46.7 Å². The van der Waals surface area contributed by atoms with Crippen molar-refractivity contribution >= 4 is 15.9 Å². The van der Waals surface area contributed by atoms with E-state index in [1.54, 1.807) is 0 Å². The van der Waals surface area contributed by atoms with E-state index < -0.39 is 0 Å². The molecule has 0 aliphatic rings. The van der Waals surface area contributed by atoms with Crippen LogP contribution in [0.3, 0.4) is 0 Å². The van der Waals surface area contributed by atoms with E-state index in [4.69, 9.17) is 0 Å². The fraction of sp³-hybridized carbons (Fsp3) is 0.250. The van der Waals surface area contributed by atoms with E-state index in [1.807, 2.05) is 42.2 Å². The summed E-state index contributed by atoms with van der Waals surface area (Å²) in [5, 5.41) is 7.49. The minimum atomic E-state index is 0.974. The van der Waals surface area contributed by atoms with Crippen LogP contribution in [0.25, 0.3) is 5.69 Å². The van der Waals surface area contributed by atoms with Gasteiger partial charge in [-0.05, 0) is 53.6 Å². The van der Waals surface area contributed by atoms with Crippen molar-refractivity contribution in [1.29, 1.82) is 0 Å². The van der Waals surface area contributed by atoms with Gasteiger partial charge in [0.15, 0.2) is 0 Å². The number of halogens is 1. The summed E-state index contributed by atoms with van der Waals surface area (Å²) in [7, 11) is 1.96. The lowest BCUT2D eigenvalue weighted by atomic mass is 10.2. The highest BCUT2D eigenvalue weighted by molar-refractivity contribution is 9.10. The summed E-state index contributed by atoms with van der Waals surface area (Å²) in [5.74, 6) is 0. The quantitative estimate of drug-likeness (QED) is 0.932. The van der Waals surface area contributed by atoms with Gasteiger partial charge < -0.3 is 5.32 Å². The van der Waals surface area contributed by atoms with Crippen LogP contribution in [0.2, 0.25) is 0 Å². The van der Waals surface area contributed by atoms with Crippen LogP contribution in [0.4, 0.5) is 0 Å². The zero-order valence-electron chi connectivity index (χ0n) is 9.15. The number of likely N-dealkylation sites (N-methyl/N-ethyl adjacent to an activating group) is 1. The van der Waals surface area contributed by atoms with Crippen LogP contribution in [-0.2, 0) is 6.42 Å². The first kappa shape index (κ1) is 11.4. The van der Waals surface area contributed by atoms with Gasteiger partial charge in [-0.25, -0.2) is 4.68 Å². The topological polar surface area (TPSA) is 29.9 Å². The third kappa shape index (κ3) is 2.51. The normalized spacial score (nSPS) is 10.6. The predicted octanol–water partition coefficient (Wildman–Crippen LogP) is 2.40. The number of rotatable bonds is 4. The largest absolute Gasteiger partial charge is 0.319 e. The molecule has 2 aromatic rings. The maximum Gasteiger partial charge on any atom is 0.0787 e. The van der Waals surface area contributed by atoms with E-state index in [1.165, 1.54) is 5.56 Å². The number of benzene rings is 1. The fourth-order valence-corrected chi connectivity index (χ4v) is 1.99. The average Bonchev–Trinajstić information content (AvgIpc) is 2.75. The minimum absolute atomic E-state index is 0.974. The summed E-state index contributed by atoms with van der Waals surface area (Å²) < 4.78 is 2.95. The van der Waals surface area contributed by atoms with Crippen LogP contribution < -0.4 is 5.32 Å². The number of nitrogens with one attached hydrogen (secondary N) is 1. The Morgan fingerprint density at radius 2 is 2.19 bits per heavy atom. The van der Waals surface area contributed by atoms with Crippen molar-refractivity contribution in [1.82, 2.24) is 15.1 Å². The molecule has 1 heterocycles. The first-order valence-corrected chi connectivity index (χ1v) is 6.03. The first-order valence-electron chi connectivity index (χ1n) is 5.24. The predicted molar refractivity (Wildman–Crippen MR) is 68.9 cm³/mol. The number of para-hydroxylation sites is 1. The number of aromatic nitrogens is 2. The second-order valence-corrected chi connectivity index (χ2v) is 4.45. The van der Waals surface area contributed by atoms with Gasteiger partial charge in [0.05, 0.1) is 11.9 Å². The summed E-state index contributed by atoms with van der Waals surface area (Å²) in [5.41, 5.74) is 2.31. The molecule has 1 N–H and O–H groups in total. The monoisotopic (exact) mass is 279 g/mol. The number of hydrogen-bond donors (Lipinski definition) is 1. The zero-order valence-corrected chi connectivity index (χ0v) is 10.7. The van der Waals surface area contributed by atoms with Crippen LogP contribution in [-0.4, -0.2) is 23.4 Å². The Labute approximate surface area is 104 Å². The average molecular weight is 280 g/mol. The molecule has 0 aliphatic heterocycles. The van der Waals surface area contributed by atoms with Crippen molar-refractivity contribution in [2.45, 2.75) is 6.42 Å². The Kier molecular flexibility index (Phi) is 3.74. The second kappa shape index (κ2) is 5.27. The minimum Gasteiger partial charge on any atom is -0.319 e. The van der Waals surface area contributed by atoms with Crippen molar-refractivity contribution in [3.8, 4) is 5.69 Å². The van der Waals surface area contributed by atoms with Crippen molar-refractivity contribution in [2.75, 3.05) is 13.6 Å². The second-order valence-electron chi connectivity index (χ2n) is 3.60. The van der Waals surface area contributed by atoms with Gasteiger partial charge in [-0.1, -0.05) is 12.1 Å². The number of nitrogens with zero attached hydrogens (tertiary/aromatic N) is 2. The van der Waals surface area contributed by atoms with Gasteiger partial charge >= 0.3 is 0 Å². The molecule has 0 saturated carbocycles. The van der Waals surface area contributed by atoms with E-state index in [0.29, 0.717) is 0 Å². The molecule has 0 aliphatic carbocycles. The molecule has 1 aromatic carbocycles. The van der Waals surface area contributed by atoms with Gasteiger partial charge in [-0.3, -0.25) is 0 Å². The molecule has 84 valence electrons. The fourth-order valence-electron chi connectivity index (χ4n) is 1.53. The van der Waals surface area contributed by atoms with Gasteiger partial charge in [-0.2, -0.15) is 5.10 Å². The molecule has 0 atom stereocenters. The highest BCUT2D eigenvalue weighted by Crippen LogP contribution is 2.19. The van der Waals surface area contributed by atoms with Crippen LogP contribution >= 0.6 is 15.9 Å². The SMILES string of the molecule is CNCCc1cnn(-c2ccccc2Br)c1. The van der Waals surface area contributed by atoms with E-state index in [-0.39, 0.29) is 0 Å². The van der Waals surface area contributed by atoms with Gasteiger partial charge in [-0.15, -0.1) is 0 Å². The summed E-state index contributed by atoms with van der Waals surface area (Å²) in [6, 6.07) is 8.07. The van der Waals surface area contributed by atoms with E-state index >= 15 is 0 Å². The molecule has 0 saturated heterocycles. The van der Waals surface area contributed by atoms with Crippen LogP contribution in [0.1, 0.15) is 5.56 Å². The summed E-state index contributed by atoms with van der Waals surface area (Å²) in [4.78, 5) is 0. The highest BCUT2D eigenvalue weighted by Gasteiger charge is 2.03. The summed E-state index contributed by atoms with van der Waals surface area (Å²) >= 11 is 3.52. The molecule has 2 rings (SSSR count). The van der Waals surface area contributed by atoms with Crippen LogP contribution in [0, 0.1) is 0 Å². The lowest BCUT2D eigenvalue weighted by molar-refractivity contribution is 0.791. The van der Waals surface area contributed by atoms with Crippen LogP contribution in [0.5, 0.6) is 0 Å². The molecule has 0 amide bonds. The molecule has 0 bridgehead atoms. The third-order valence-electron chi connectivity index (χ3n) is 2.40. The van der Waals surface area contributed by atoms with Gasteiger partial charge in [0, 0.05) is 10.7 Å². The lowest BCUT2D eigenvalue weighted by Gasteiger charge is -2.03. The zero-order chi connectivity index (χ0) is 11.4. The van der Waals surface area contributed by atoms with Crippen molar-refractivity contribution < 1.29 is 0 Å². The summed E-state index contributed by atoms with van der Waals surface area (Å²) in [6.45, 7) is 0.974. The van der Waals surface area contributed by atoms with Gasteiger partial charge in [0.2, 0.25) is 0 Å². The molecule has 3 nitrogen and oxygen atoms in total. The van der Waals surface area contributed by atoms with Crippen molar-refractivity contribution in [3.63, 3.8) is 0 Å². The Morgan fingerprint density at radius 1 is 1.38 bits per heavy atom. The Morgan fingerprint density at radius 3 is 2.94 bits per heavy atom. The van der Waals surface area contributed by atoms with E-state index in [0.717, 1.165) is 23.1 Å². The molecule has 0 spiro atoms. The van der Waals surface area contributed by atoms with Gasteiger partial charge in [0.1, 0.15) is 0 Å². The Balaban J connectivity index is 2.22. The van der Waals surface area contributed by atoms with E-state index in [9.17, 15) is 0 Å². The highest BCUT2D eigenvalue weighted by atomic mass is 79.9. The first-order chi connectivity index (χ1) is 7.81. The van der Waals surface area contributed by atoms with E-state index in [2.05, 4.69) is 32.5 Å². The standard InChI is InChI=1S/C12H14BrN3/c1-14-7-6-10-8-15-16(9-10)12-5-3-2-4-11(12)13/h2-5,8-9,14H,6-7H2,1H3. The molecular weight excluding hydrogens is 266 g/mol. The van der Waals surface area contributed by atoms with Gasteiger partial charge in [0.25, 0.3) is 0 Å². The van der Waals surface area contributed by atoms with Crippen LogP contribution in [0.15, 0.2) is 41.1 Å². The molecule has 1 aromatic heterocycles. The third-order valence-corrected chi connectivity index (χ3v) is 3.07. The molecular formula is C12H14BrN3. The molecule has 0 fully saturated rings. The smallest absolute Gasteiger partial charge is 0.0787 e. The summed E-state index contributed by atoms with van der Waals surface area (Å²) in [6.07, 6.45) is 4.98. The Bertz CT molecular complexity index is 465. The molecule has 0 radical (unpaired) electrons. The molecule has 0 unspecified atom stereocenters.